The van der Waals surface area contributed by atoms with E-state index in [2.05, 4.69) is 0 Å². The maximum absolute atomic E-state index is 11.8. The first-order valence-electron chi connectivity index (χ1n) is 7.35. The molecule has 1 aliphatic heterocycles. The molecule has 6 heteroatoms. The summed E-state index contributed by atoms with van der Waals surface area (Å²) in [6, 6.07) is 17.4. The van der Waals surface area contributed by atoms with Crippen molar-refractivity contribution in [3.8, 4) is 11.1 Å². The number of rotatable bonds is 2. The zero-order valence-electron chi connectivity index (χ0n) is 12.8. The molecule has 23 heavy (non-hydrogen) atoms. The Bertz CT molecular complexity index is 682. The van der Waals surface area contributed by atoms with E-state index in [1.165, 1.54) is 0 Å². The van der Waals surface area contributed by atoms with Crippen LogP contribution in [0.4, 0.5) is 0 Å². The first-order valence-corrected chi connectivity index (χ1v) is 7.35. The molecule has 2 aromatic rings. The molecule has 0 saturated carbocycles. The molecule has 5 nitrogen and oxygen atoms in total. The largest absolute Gasteiger partial charge is 0.636 e. The van der Waals surface area contributed by atoms with Gasteiger partial charge in [0.2, 0.25) is 0 Å². The quantitative estimate of drug-likeness (QED) is 0.777. The Morgan fingerprint density at radius 2 is 1.35 bits per heavy atom. The van der Waals surface area contributed by atoms with Gasteiger partial charge in [-0.3, -0.25) is 14.5 Å². The van der Waals surface area contributed by atoms with Crippen molar-refractivity contribution in [2.75, 3.05) is 20.1 Å². The second kappa shape index (κ2) is 6.66. The number of hydrogen-bond donors (Lipinski definition) is 0. The first kappa shape index (κ1) is 15.3. The molecule has 0 spiro atoms. The van der Waals surface area contributed by atoms with Gasteiger partial charge in [0.05, 0.1) is 13.1 Å². The Morgan fingerprint density at radius 3 is 1.91 bits per heavy atom. The number of benzene rings is 2. The highest BCUT2D eigenvalue weighted by molar-refractivity contribution is 6.64. The van der Waals surface area contributed by atoms with Crippen LogP contribution in [-0.2, 0) is 18.9 Å². The highest BCUT2D eigenvalue weighted by Crippen LogP contribution is 2.17. The van der Waals surface area contributed by atoms with E-state index in [0.29, 0.717) is 5.46 Å². The van der Waals surface area contributed by atoms with Gasteiger partial charge in [-0.1, -0.05) is 54.6 Å². The second-order valence-electron chi connectivity index (χ2n) is 5.47. The Morgan fingerprint density at radius 1 is 0.826 bits per heavy atom. The van der Waals surface area contributed by atoms with Crippen molar-refractivity contribution < 1.29 is 18.9 Å². The van der Waals surface area contributed by atoms with Crippen LogP contribution in [0.1, 0.15) is 0 Å². The van der Waals surface area contributed by atoms with Gasteiger partial charge in [-0.05, 0) is 18.2 Å². The highest BCUT2D eigenvalue weighted by Gasteiger charge is 2.33. The third-order valence-corrected chi connectivity index (χ3v) is 3.56. The van der Waals surface area contributed by atoms with Crippen molar-refractivity contribution in [1.29, 1.82) is 0 Å². The van der Waals surface area contributed by atoms with E-state index in [1.54, 1.807) is 24.1 Å². The van der Waals surface area contributed by atoms with E-state index in [0.717, 1.165) is 11.1 Å². The smallest absolute Gasteiger partial charge is 0.494 e. The SMILES string of the molecule is CN1CC(=O)OB(c2ccc(-c3ccccc3)cc2)OC(=O)C1. The fraction of sp³-hybridized carbons (Fsp3) is 0.176. The van der Waals surface area contributed by atoms with Gasteiger partial charge in [-0.25, -0.2) is 0 Å². The third kappa shape index (κ3) is 3.79. The summed E-state index contributed by atoms with van der Waals surface area (Å²) in [6.07, 6.45) is 0. The molecule has 116 valence electrons. The van der Waals surface area contributed by atoms with Gasteiger partial charge in [0, 0.05) is 5.46 Å². The summed E-state index contributed by atoms with van der Waals surface area (Å²) in [5.74, 6) is -0.839. The minimum atomic E-state index is -0.992. The van der Waals surface area contributed by atoms with Crippen LogP contribution in [0.3, 0.4) is 0 Å². The van der Waals surface area contributed by atoms with Crippen molar-refractivity contribution in [2.45, 2.75) is 0 Å². The number of carbonyl (C=O) groups is 2. The third-order valence-electron chi connectivity index (χ3n) is 3.56. The van der Waals surface area contributed by atoms with Crippen LogP contribution in [0.15, 0.2) is 54.6 Å². The number of hydrogen-bond acceptors (Lipinski definition) is 5. The first-order chi connectivity index (χ1) is 11.1. The topological polar surface area (TPSA) is 55.8 Å². The number of carbonyl (C=O) groups excluding carboxylic acids is 2. The van der Waals surface area contributed by atoms with Gasteiger partial charge in [0.15, 0.2) is 0 Å². The summed E-state index contributed by atoms with van der Waals surface area (Å²) in [5.41, 5.74) is 2.76. The summed E-state index contributed by atoms with van der Waals surface area (Å²) in [4.78, 5) is 25.1. The summed E-state index contributed by atoms with van der Waals surface area (Å²) >= 11 is 0. The molecule has 0 N–H and O–H groups in total. The Balaban J connectivity index is 1.80. The average molecular weight is 309 g/mol. The molecule has 1 saturated heterocycles. The van der Waals surface area contributed by atoms with Crippen molar-refractivity contribution in [1.82, 2.24) is 4.90 Å². The molecule has 0 aromatic heterocycles. The van der Waals surface area contributed by atoms with Gasteiger partial charge in [0.1, 0.15) is 0 Å². The molecule has 1 fully saturated rings. The van der Waals surface area contributed by atoms with E-state index >= 15 is 0 Å². The van der Waals surface area contributed by atoms with Gasteiger partial charge in [-0.2, -0.15) is 0 Å². The normalized spacial score (nSPS) is 16.3. The molecule has 3 rings (SSSR count). The van der Waals surface area contributed by atoms with Crippen molar-refractivity contribution in [3.63, 3.8) is 0 Å². The van der Waals surface area contributed by atoms with Crippen molar-refractivity contribution in [2.24, 2.45) is 0 Å². The highest BCUT2D eigenvalue weighted by atomic mass is 16.6. The molecule has 0 radical (unpaired) electrons. The summed E-state index contributed by atoms with van der Waals surface area (Å²) in [7, 11) is 0.672. The molecule has 2 aromatic carbocycles. The van der Waals surface area contributed by atoms with Crippen molar-refractivity contribution in [3.05, 3.63) is 54.6 Å². The monoisotopic (exact) mass is 309 g/mol. The van der Waals surface area contributed by atoms with Crippen LogP contribution < -0.4 is 5.46 Å². The Kier molecular flexibility index (Phi) is 4.44. The Hall–Kier alpha value is -2.60. The fourth-order valence-electron chi connectivity index (χ4n) is 2.43. The molecule has 0 aliphatic carbocycles. The zero-order valence-corrected chi connectivity index (χ0v) is 12.8. The van der Waals surface area contributed by atoms with Gasteiger partial charge in [0.25, 0.3) is 0 Å². The van der Waals surface area contributed by atoms with Crippen LogP contribution in [0, 0.1) is 0 Å². The molecule has 1 aliphatic rings. The molecule has 0 amide bonds. The summed E-state index contributed by atoms with van der Waals surface area (Å²) in [6.45, 7) is 0.126. The molecule has 0 atom stereocenters. The van der Waals surface area contributed by atoms with E-state index < -0.39 is 19.1 Å². The number of likely N-dealkylation sites (N-methyl/N-ethyl adjacent to an activating group) is 1. The van der Waals surface area contributed by atoms with E-state index in [1.807, 2.05) is 42.5 Å². The predicted octanol–water partition coefficient (Wildman–Crippen LogP) is 1.08. The molecule has 0 bridgehead atoms. The zero-order chi connectivity index (χ0) is 16.2. The van der Waals surface area contributed by atoms with Crippen LogP contribution in [0.2, 0.25) is 0 Å². The maximum Gasteiger partial charge on any atom is 0.636 e. The van der Waals surface area contributed by atoms with Gasteiger partial charge >= 0.3 is 19.1 Å². The molecular weight excluding hydrogens is 293 g/mol. The standard InChI is InChI=1S/C17H16BNO4/c1-19-11-16(20)22-18(23-17(21)12-19)15-9-7-14(8-10-15)13-5-3-2-4-6-13/h2-10H,11-12H2,1H3. The fourth-order valence-corrected chi connectivity index (χ4v) is 2.43. The predicted molar refractivity (Wildman–Crippen MR) is 86.9 cm³/mol. The van der Waals surface area contributed by atoms with Gasteiger partial charge < -0.3 is 9.31 Å². The molecular formula is C17H16BNO4. The van der Waals surface area contributed by atoms with E-state index in [4.69, 9.17) is 9.31 Å². The van der Waals surface area contributed by atoms with E-state index in [9.17, 15) is 9.59 Å². The maximum atomic E-state index is 11.8. The lowest BCUT2D eigenvalue weighted by Gasteiger charge is -2.22. The molecule has 0 unspecified atom stereocenters. The molecule has 1 heterocycles. The lowest BCUT2D eigenvalue weighted by Crippen LogP contribution is -2.47. The minimum Gasteiger partial charge on any atom is -0.494 e. The second-order valence-corrected chi connectivity index (χ2v) is 5.47. The minimum absolute atomic E-state index is 0.0632. The van der Waals surface area contributed by atoms with Gasteiger partial charge in [-0.15, -0.1) is 0 Å². The van der Waals surface area contributed by atoms with Crippen molar-refractivity contribution >= 4 is 24.5 Å². The lowest BCUT2D eigenvalue weighted by molar-refractivity contribution is -0.145. The average Bonchev–Trinajstić information content (AvgIpc) is 2.53. The van der Waals surface area contributed by atoms with Crippen LogP contribution >= 0.6 is 0 Å². The van der Waals surface area contributed by atoms with Crippen LogP contribution in [0.25, 0.3) is 11.1 Å². The van der Waals surface area contributed by atoms with E-state index in [-0.39, 0.29) is 13.1 Å². The van der Waals surface area contributed by atoms with Crippen LogP contribution in [0.5, 0.6) is 0 Å². The lowest BCUT2D eigenvalue weighted by atomic mass is 9.78. The summed E-state index contributed by atoms with van der Waals surface area (Å²) in [5, 5.41) is 0. The van der Waals surface area contributed by atoms with Crippen LogP contribution in [-0.4, -0.2) is 44.1 Å². The summed E-state index contributed by atoms with van der Waals surface area (Å²) < 4.78 is 10.5. The number of nitrogens with zero attached hydrogens (tertiary/aromatic N) is 1. The Labute approximate surface area is 135 Å².